The first kappa shape index (κ1) is 10.9. The summed E-state index contributed by atoms with van der Waals surface area (Å²) in [5.74, 6) is 0.0219. The molecule has 0 fully saturated rings. The van der Waals surface area contributed by atoms with Gasteiger partial charge in [-0.15, -0.1) is 0 Å². The van der Waals surface area contributed by atoms with Gasteiger partial charge in [0, 0.05) is 11.6 Å². The lowest BCUT2D eigenvalue weighted by Gasteiger charge is -2.04. The maximum Gasteiger partial charge on any atom is 0.224 e. The average Bonchev–Trinajstić information content (AvgIpc) is 2.12. The predicted molar refractivity (Wildman–Crippen MR) is 55.5 cm³/mol. The summed E-state index contributed by atoms with van der Waals surface area (Å²) in [6.07, 6.45) is 0.196. The third kappa shape index (κ3) is 2.92. The van der Waals surface area contributed by atoms with Crippen molar-refractivity contribution in [1.82, 2.24) is 5.32 Å². The number of nitrogens with one attached hydrogen (secondary N) is 1. The Kier molecular flexibility index (Phi) is 3.77. The number of rotatable bonds is 3. The van der Waals surface area contributed by atoms with Crippen molar-refractivity contribution in [3.05, 3.63) is 28.8 Å². The number of hydrogen-bond donors (Lipinski definition) is 2. The van der Waals surface area contributed by atoms with E-state index >= 15 is 0 Å². The molecule has 3 nitrogen and oxygen atoms in total. The summed E-state index contributed by atoms with van der Waals surface area (Å²) in [6, 6.07) is 4.56. The van der Waals surface area contributed by atoms with Gasteiger partial charge in [-0.2, -0.15) is 0 Å². The Morgan fingerprint density at radius 1 is 1.57 bits per heavy atom. The Balaban J connectivity index is 2.75. The van der Waals surface area contributed by atoms with Gasteiger partial charge in [-0.1, -0.05) is 11.6 Å². The van der Waals surface area contributed by atoms with E-state index in [0.29, 0.717) is 17.1 Å². The van der Waals surface area contributed by atoms with Gasteiger partial charge in [0.2, 0.25) is 5.91 Å². The number of amides is 1. The van der Waals surface area contributed by atoms with Crippen LogP contribution in [0.15, 0.2) is 18.2 Å². The van der Waals surface area contributed by atoms with Crippen molar-refractivity contribution in [2.75, 3.05) is 6.54 Å². The number of likely N-dealkylation sites (N-methyl/N-ethyl adjacent to an activating group) is 1. The minimum Gasteiger partial charge on any atom is -0.508 e. The molecule has 0 aromatic heterocycles. The smallest absolute Gasteiger partial charge is 0.224 e. The summed E-state index contributed by atoms with van der Waals surface area (Å²) in [5, 5.41) is 12.3. The number of hydrogen-bond acceptors (Lipinski definition) is 2. The summed E-state index contributed by atoms with van der Waals surface area (Å²) < 4.78 is 0. The Bertz CT molecular complexity index is 339. The van der Waals surface area contributed by atoms with Gasteiger partial charge in [-0.3, -0.25) is 4.79 Å². The van der Waals surface area contributed by atoms with Crippen LogP contribution in [0.2, 0.25) is 5.02 Å². The van der Waals surface area contributed by atoms with Gasteiger partial charge in [0.15, 0.2) is 0 Å². The van der Waals surface area contributed by atoms with E-state index in [1.807, 2.05) is 6.92 Å². The molecule has 0 spiro atoms. The first-order valence-corrected chi connectivity index (χ1v) is 4.75. The summed E-state index contributed by atoms with van der Waals surface area (Å²) in [7, 11) is 0. The number of halogens is 1. The average molecular weight is 214 g/mol. The van der Waals surface area contributed by atoms with Gasteiger partial charge in [0.25, 0.3) is 0 Å². The van der Waals surface area contributed by atoms with Crippen LogP contribution in [0.1, 0.15) is 12.5 Å². The monoisotopic (exact) mass is 213 g/mol. The lowest BCUT2D eigenvalue weighted by atomic mass is 10.1. The van der Waals surface area contributed by atoms with E-state index in [9.17, 15) is 9.90 Å². The molecule has 0 saturated heterocycles. The highest BCUT2D eigenvalue weighted by Gasteiger charge is 2.06. The molecule has 0 aliphatic carbocycles. The summed E-state index contributed by atoms with van der Waals surface area (Å²) in [5.41, 5.74) is 0.637. The van der Waals surface area contributed by atoms with E-state index in [-0.39, 0.29) is 18.1 Å². The van der Waals surface area contributed by atoms with Crippen LogP contribution in [0.3, 0.4) is 0 Å². The second kappa shape index (κ2) is 4.86. The first-order valence-electron chi connectivity index (χ1n) is 4.37. The Morgan fingerprint density at radius 2 is 2.29 bits per heavy atom. The predicted octanol–water partition coefficient (Wildman–Crippen LogP) is 1.72. The van der Waals surface area contributed by atoms with Crippen molar-refractivity contribution in [3.8, 4) is 5.75 Å². The van der Waals surface area contributed by atoms with Crippen LogP contribution in [0, 0.1) is 0 Å². The van der Waals surface area contributed by atoms with Crippen LogP contribution in [-0.2, 0) is 11.2 Å². The topological polar surface area (TPSA) is 49.3 Å². The normalized spacial score (nSPS) is 9.86. The molecule has 0 bridgehead atoms. The highest BCUT2D eigenvalue weighted by atomic mass is 35.5. The minimum absolute atomic E-state index is 0.0972. The second-order valence-corrected chi connectivity index (χ2v) is 3.31. The number of phenolic OH excluding ortho intramolecular Hbond substituents is 1. The van der Waals surface area contributed by atoms with E-state index < -0.39 is 0 Å². The molecule has 0 radical (unpaired) electrons. The van der Waals surface area contributed by atoms with E-state index in [4.69, 9.17) is 11.6 Å². The summed E-state index contributed by atoms with van der Waals surface area (Å²) in [6.45, 7) is 2.44. The van der Waals surface area contributed by atoms with Crippen molar-refractivity contribution < 1.29 is 9.90 Å². The molecule has 1 aromatic rings. The van der Waals surface area contributed by atoms with Crippen molar-refractivity contribution in [1.29, 1.82) is 0 Å². The second-order valence-electron chi connectivity index (χ2n) is 2.91. The third-order valence-corrected chi connectivity index (χ3v) is 2.12. The third-order valence-electron chi connectivity index (χ3n) is 1.75. The van der Waals surface area contributed by atoms with Crippen molar-refractivity contribution in [2.45, 2.75) is 13.3 Å². The number of phenols is 1. The molecule has 0 aliphatic heterocycles. The molecule has 0 aliphatic rings. The van der Waals surface area contributed by atoms with Crippen LogP contribution in [0.5, 0.6) is 5.75 Å². The zero-order chi connectivity index (χ0) is 10.6. The Labute approximate surface area is 87.7 Å². The maximum absolute atomic E-state index is 11.2. The van der Waals surface area contributed by atoms with Crippen LogP contribution >= 0.6 is 11.6 Å². The maximum atomic E-state index is 11.2. The van der Waals surface area contributed by atoms with Gasteiger partial charge < -0.3 is 10.4 Å². The zero-order valence-electron chi connectivity index (χ0n) is 7.88. The molecule has 0 heterocycles. The summed E-state index contributed by atoms with van der Waals surface area (Å²) >= 11 is 5.85. The largest absolute Gasteiger partial charge is 0.508 e. The van der Waals surface area contributed by atoms with E-state index in [0.717, 1.165) is 0 Å². The summed E-state index contributed by atoms with van der Waals surface area (Å²) in [4.78, 5) is 11.2. The molecule has 0 unspecified atom stereocenters. The zero-order valence-corrected chi connectivity index (χ0v) is 8.64. The number of aromatic hydroxyl groups is 1. The van der Waals surface area contributed by atoms with E-state index in [1.165, 1.54) is 12.1 Å². The quantitative estimate of drug-likeness (QED) is 0.804. The van der Waals surface area contributed by atoms with Crippen molar-refractivity contribution >= 4 is 17.5 Å². The molecule has 76 valence electrons. The molecule has 1 rings (SSSR count). The van der Waals surface area contributed by atoms with Crippen LogP contribution in [-0.4, -0.2) is 17.6 Å². The molecule has 0 atom stereocenters. The van der Waals surface area contributed by atoms with Crippen molar-refractivity contribution in [2.24, 2.45) is 0 Å². The van der Waals surface area contributed by atoms with Gasteiger partial charge in [0.1, 0.15) is 5.75 Å². The SMILES string of the molecule is CCNC(=O)Cc1cc(O)ccc1Cl. The highest BCUT2D eigenvalue weighted by Crippen LogP contribution is 2.21. The van der Waals surface area contributed by atoms with Gasteiger partial charge in [-0.25, -0.2) is 0 Å². The van der Waals surface area contributed by atoms with Gasteiger partial charge >= 0.3 is 0 Å². The van der Waals surface area contributed by atoms with Crippen molar-refractivity contribution in [3.63, 3.8) is 0 Å². The molecule has 4 heteroatoms. The molecule has 1 aromatic carbocycles. The van der Waals surface area contributed by atoms with E-state index in [1.54, 1.807) is 6.07 Å². The Morgan fingerprint density at radius 3 is 2.93 bits per heavy atom. The molecule has 2 N–H and O–H groups in total. The van der Waals surface area contributed by atoms with E-state index in [2.05, 4.69) is 5.32 Å². The fraction of sp³-hybridized carbons (Fsp3) is 0.300. The molecule has 0 saturated carbocycles. The van der Waals surface area contributed by atoms with Gasteiger partial charge in [0.05, 0.1) is 6.42 Å². The number of carbonyl (C=O) groups is 1. The van der Waals surface area contributed by atoms with Gasteiger partial charge in [-0.05, 0) is 30.7 Å². The van der Waals surface area contributed by atoms with Crippen LogP contribution < -0.4 is 5.32 Å². The number of benzene rings is 1. The molecular formula is C10H12ClNO2. The fourth-order valence-corrected chi connectivity index (χ4v) is 1.31. The standard InChI is InChI=1S/C10H12ClNO2/c1-2-12-10(14)6-7-5-8(13)3-4-9(7)11/h3-5,13H,2,6H2,1H3,(H,12,14). The molecule has 1 amide bonds. The lowest BCUT2D eigenvalue weighted by Crippen LogP contribution is -2.24. The minimum atomic E-state index is -0.0972. The van der Waals surface area contributed by atoms with Crippen LogP contribution in [0.25, 0.3) is 0 Å². The highest BCUT2D eigenvalue weighted by molar-refractivity contribution is 6.31. The number of carbonyl (C=O) groups excluding carboxylic acids is 1. The Hall–Kier alpha value is -1.22. The molecule has 14 heavy (non-hydrogen) atoms. The fourth-order valence-electron chi connectivity index (χ4n) is 1.13. The lowest BCUT2D eigenvalue weighted by molar-refractivity contribution is -0.120. The molecular weight excluding hydrogens is 202 g/mol. The van der Waals surface area contributed by atoms with Crippen LogP contribution in [0.4, 0.5) is 0 Å². The first-order chi connectivity index (χ1) is 6.63.